The van der Waals surface area contributed by atoms with Crippen LogP contribution in [0.3, 0.4) is 0 Å². The molecule has 8 heteroatoms. The van der Waals surface area contributed by atoms with Crippen molar-refractivity contribution in [3.63, 3.8) is 0 Å². The maximum absolute atomic E-state index is 12.3. The van der Waals surface area contributed by atoms with Gasteiger partial charge in [-0.05, 0) is 61.4 Å². The van der Waals surface area contributed by atoms with E-state index < -0.39 is 23.5 Å². The number of esters is 2. The molecule has 0 N–H and O–H groups in total. The first-order valence-electron chi connectivity index (χ1n) is 11.1. The van der Waals surface area contributed by atoms with Crippen LogP contribution in [0, 0.1) is 0 Å². The molecule has 0 amide bonds. The van der Waals surface area contributed by atoms with Crippen molar-refractivity contribution in [2.24, 2.45) is 0 Å². The Kier molecular flexibility index (Phi) is 10.3. The molecule has 37 heavy (non-hydrogen) atoms. The lowest BCUT2D eigenvalue weighted by Crippen LogP contribution is -2.09. The number of carbonyl (C=O) groups is 4. The van der Waals surface area contributed by atoms with Gasteiger partial charge in [0.05, 0.1) is 20.6 Å². The lowest BCUT2D eigenvalue weighted by atomic mass is 10.1. The van der Waals surface area contributed by atoms with Crippen LogP contribution in [-0.2, 0) is 19.2 Å². The van der Waals surface area contributed by atoms with E-state index in [4.69, 9.17) is 18.9 Å². The van der Waals surface area contributed by atoms with E-state index in [2.05, 4.69) is 13.2 Å². The topological polar surface area (TPSA) is 105 Å². The Morgan fingerprint density at radius 1 is 0.676 bits per heavy atom. The number of hydrogen-bond donors (Lipinski definition) is 0. The molecule has 2 rings (SSSR count). The number of hydrogen-bond acceptors (Lipinski definition) is 8. The number of carbonyl (C=O) groups excluding carboxylic acids is 4. The summed E-state index contributed by atoms with van der Waals surface area (Å²) in [5, 5.41) is 0. The van der Waals surface area contributed by atoms with Crippen molar-refractivity contribution in [2.75, 3.05) is 14.2 Å². The Morgan fingerprint density at radius 2 is 1.05 bits per heavy atom. The average molecular weight is 505 g/mol. The van der Waals surface area contributed by atoms with Crippen LogP contribution in [0.4, 0.5) is 0 Å². The summed E-state index contributed by atoms with van der Waals surface area (Å²) < 4.78 is 20.9. The summed E-state index contributed by atoms with van der Waals surface area (Å²) in [6.07, 6.45) is 5.30. The fraction of sp³-hybridized carbons (Fsp3) is 0.172. The summed E-state index contributed by atoms with van der Waals surface area (Å²) in [6, 6.07) is 9.54. The molecule has 0 aromatic heterocycles. The first kappa shape index (κ1) is 28.5. The van der Waals surface area contributed by atoms with Gasteiger partial charge in [-0.15, -0.1) is 0 Å². The van der Waals surface area contributed by atoms with Crippen molar-refractivity contribution in [3.05, 3.63) is 84.0 Å². The van der Waals surface area contributed by atoms with Gasteiger partial charge in [0.25, 0.3) is 0 Å². The number of ketones is 2. The highest BCUT2D eigenvalue weighted by Crippen LogP contribution is 2.30. The van der Waals surface area contributed by atoms with Crippen LogP contribution in [0.15, 0.2) is 72.9 Å². The molecular formula is C29H28O8. The third-order valence-electron chi connectivity index (χ3n) is 4.75. The largest absolute Gasteiger partial charge is 0.493 e. The summed E-state index contributed by atoms with van der Waals surface area (Å²) in [5.74, 6) is -0.904. The van der Waals surface area contributed by atoms with Gasteiger partial charge in [-0.2, -0.15) is 0 Å². The second kappa shape index (κ2) is 13.4. The molecule has 8 nitrogen and oxygen atoms in total. The van der Waals surface area contributed by atoms with Crippen molar-refractivity contribution >= 4 is 35.7 Å². The number of methoxy groups -OCH3 is 2. The van der Waals surface area contributed by atoms with Crippen molar-refractivity contribution in [3.8, 4) is 23.0 Å². The van der Waals surface area contributed by atoms with Crippen LogP contribution < -0.4 is 18.9 Å². The molecule has 0 saturated heterocycles. The van der Waals surface area contributed by atoms with Crippen LogP contribution in [-0.4, -0.2) is 37.7 Å². The van der Waals surface area contributed by atoms with Crippen molar-refractivity contribution in [1.29, 1.82) is 0 Å². The van der Waals surface area contributed by atoms with Gasteiger partial charge in [0.1, 0.15) is 0 Å². The van der Waals surface area contributed by atoms with Crippen LogP contribution in [0.5, 0.6) is 23.0 Å². The van der Waals surface area contributed by atoms with Gasteiger partial charge in [-0.1, -0.05) is 37.4 Å². The van der Waals surface area contributed by atoms with Crippen molar-refractivity contribution in [2.45, 2.75) is 20.3 Å². The molecule has 0 aliphatic heterocycles. The Morgan fingerprint density at radius 3 is 1.38 bits per heavy atom. The Bertz CT molecular complexity index is 1200. The minimum absolute atomic E-state index is 0.220. The third kappa shape index (κ3) is 8.78. The van der Waals surface area contributed by atoms with E-state index in [-0.39, 0.29) is 29.1 Å². The maximum Gasteiger partial charge on any atom is 0.338 e. The third-order valence-corrected chi connectivity index (χ3v) is 4.75. The van der Waals surface area contributed by atoms with E-state index in [1.54, 1.807) is 24.3 Å². The Labute approximate surface area is 215 Å². The molecule has 0 aliphatic rings. The molecule has 2 aromatic carbocycles. The highest BCUT2D eigenvalue weighted by Gasteiger charge is 2.12. The second-order valence-corrected chi connectivity index (χ2v) is 7.94. The number of benzene rings is 2. The summed E-state index contributed by atoms with van der Waals surface area (Å²) in [4.78, 5) is 48.0. The molecular weight excluding hydrogens is 476 g/mol. The molecule has 0 unspecified atom stereocenters. The number of rotatable bonds is 12. The molecule has 0 bridgehead atoms. The molecule has 0 aliphatic carbocycles. The highest BCUT2D eigenvalue weighted by atomic mass is 16.6. The zero-order valence-electron chi connectivity index (χ0n) is 21.2. The zero-order chi connectivity index (χ0) is 27.5. The minimum atomic E-state index is -0.580. The first-order chi connectivity index (χ1) is 17.5. The fourth-order valence-electron chi connectivity index (χ4n) is 2.79. The lowest BCUT2D eigenvalue weighted by molar-refractivity contribution is -0.131. The van der Waals surface area contributed by atoms with Gasteiger partial charge in [-0.25, -0.2) is 9.59 Å². The first-order valence-corrected chi connectivity index (χ1v) is 11.1. The molecule has 2 aromatic rings. The summed E-state index contributed by atoms with van der Waals surface area (Å²) in [6.45, 7) is 10.1. The van der Waals surface area contributed by atoms with Gasteiger partial charge in [0.15, 0.2) is 34.6 Å². The molecule has 0 fully saturated rings. The average Bonchev–Trinajstić information content (AvgIpc) is 2.87. The highest BCUT2D eigenvalue weighted by molar-refractivity contribution is 6.10. The molecule has 0 saturated carbocycles. The molecule has 0 spiro atoms. The van der Waals surface area contributed by atoms with E-state index in [1.165, 1.54) is 64.5 Å². The quantitative estimate of drug-likeness (QED) is 0.174. The van der Waals surface area contributed by atoms with Crippen LogP contribution >= 0.6 is 0 Å². The molecule has 0 heterocycles. The van der Waals surface area contributed by atoms with Gasteiger partial charge >= 0.3 is 11.9 Å². The van der Waals surface area contributed by atoms with E-state index >= 15 is 0 Å². The molecule has 0 atom stereocenters. The van der Waals surface area contributed by atoms with Crippen molar-refractivity contribution in [1.82, 2.24) is 0 Å². The van der Waals surface area contributed by atoms with Crippen LogP contribution in [0.25, 0.3) is 12.2 Å². The smallest absolute Gasteiger partial charge is 0.338 e. The van der Waals surface area contributed by atoms with E-state index in [9.17, 15) is 19.2 Å². The SMILES string of the molecule is C=C(C)C(=O)Oc1ccc(/C=C\C(=O)CC(=O)/C=C\c2ccc(OC(=O)C(=C)C)c(OC)c2)cc1OC. The Balaban J connectivity index is 2.01. The summed E-state index contributed by atoms with van der Waals surface area (Å²) in [7, 11) is 2.85. The van der Waals surface area contributed by atoms with Gasteiger partial charge in [0, 0.05) is 11.1 Å². The lowest BCUT2D eigenvalue weighted by Gasteiger charge is -2.09. The normalized spacial score (nSPS) is 10.7. The predicted molar refractivity (Wildman–Crippen MR) is 140 cm³/mol. The minimum Gasteiger partial charge on any atom is -0.493 e. The summed E-state index contributed by atoms with van der Waals surface area (Å²) in [5.41, 5.74) is 1.72. The van der Waals surface area contributed by atoms with Crippen molar-refractivity contribution < 1.29 is 38.1 Å². The predicted octanol–water partition coefficient (Wildman–Crippen LogP) is 4.92. The Hall–Kier alpha value is -4.72. The van der Waals surface area contributed by atoms with E-state index in [0.717, 1.165) is 0 Å². The molecule has 192 valence electrons. The number of allylic oxidation sites excluding steroid dienone is 2. The second-order valence-electron chi connectivity index (χ2n) is 7.94. The number of ether oxygens (including phenoxy) is 4. The monoisotopic (exact) mass is 504 g/mol. The van der Waals surface area contributed by atoms with E-state index in [1.807, 2.05) is 0 Å². The fourth-order valence-corrected chi connectivity index (χ4v) is 2.79. The maximum atomic E-state index is 12.3. The zero-order valence-corrected chi connectivity index (χ0v) is 21.2. The van der Waals surface area contributed by atoms with E-state index in [0.29, 0.717) is 22.6 Å². The summed E-state index contributed by atoms with van der Waals surface area (Å²) >= 11 is 0. The van der Waals surface area contributed by atoms with Gasteiger partial charge in [-0.3, -0.25) is 9.59 Å². The van der Waals surface area contributed by atoms with Gasteiger partial charge in [0.2, 0.25) is 0 Å². The van der Waals surface area contributed by atoms with Gasteiger partial charge < -0.3 is 18.9 Å². The van der Waals surface area contributed by atoms with Crippen LogP contribution in [0.2, 0.25) is 0 Å². The van der Waals surface area contributed by atoms with Crippen LogP contribution in [0.1, 0.15) is 31.4 Å². The standard InChI is InChI=1S/C29H28O8/c1-18(2)28(32)36-24-13-9-20(15-26(24)34-5)7-11-22(30)17-23(31)12-8-21-10-14-25(27(16-21)35-6)37-29(33)19(3)4/h7-16H,1,3,17H2,2,4-6H3/b11-7-,12-8-. The molecule has 0 radical (unpaired) electrons.